The highest BCUT2D eigenvalue weighted by Crippen LogP contribution is 2.28. The van der Waals surface area contributed by atoms with E-state index >= 15 is 0 Å². The molecule has 2 nitrogen and oxygen atoms in total. The molecule has 0 heterocycles. The van der Waals surface area contributed by atoms with Crippen molar-refractivity contribution in [3.05, 3.63) is 29.6 Å². The van der Waals surface area contributed by atoms with E-state index in [-0.39, 0.29) is 11.3 Å². The smallest absolute Gasteiger partial charge is 0.401 e. The number of nitrogens with one attached hydrogen (secondary N) is 1. The highest BCUT2D eigenvalue weighted by atomic mass is 19.4. The van der Waals surface area contributed by atoms with Crippen LogP contribution in [0.15, 0.2) is 18.2 Å². The summed E-state index contributed by atoms with van der Waals surface area (Å²) in [6.07, 6.45) is -4.33. The SMILES string of the molecule is COc1cccc(F)c1C(C)NCC(F)(F)F. The Bertz CT molecular complexity index is 378. The van der Waals surface area contributed by atoms with Gasteiger partial charge in [-0.3, -0.25) is 0 Å². The molecule has 0 aliphatic heterocycles. The number of benzene rings is 1. The molecule has 17 heavy (non-hydrogen) atoms. The molecule has 6 heteroatoms. The zero-order chi connectivity index (χ0) is 13.1. The van der Waals surface area contributed by atoms with Crippen molar-refractivity contribution in [2.75, 3.05) is 13.7 Å². The third-order valence-electron chi connectivity index (χ3n) is 2.27. The van der Waals surface area contributed by atoms with Crippen molar-refractivity contribution >= 4 is 0 Å². The molecule has 0 spiro atoms. The largest absolute Gasteiger partial charge is 0.496 e. The molecule has 1 N–H and O–H groups in total. The maximum absolute atomic E-state index is 13.5. The highest BCUT2D eigenvalue weighted by Gasteiger charge is 2.28. The van der Waals surface area contributed by atoms with Gasteiger partial charge in [0.2, 0.25) is 0 Å². The van der Waals surface area contributed by atoms with Crippen LogP contribution < -0.4 is 10.1 Å². The van der Waals surface area contributed by atoms with Crippen LogP contribution in [0.25, 0.3) is 0 Å². The third-order valence-corrected chi connectivity index (χ3v) is 2.27. The molecule has 1 aromatic carbocycles. The molecular formula is C11H13F4NO. The summed E-state index contributed by atoms with van der Waals surface area (Å²) >= 11 is 0. The molecule has 1 aromatic rings. The second-order valence-electron chi connectivity index (χ2n) is 3.57. The average molecular weight is 251 g/mol. The lowest BCUT2D eigenvalue weighted by Gasteiger charge is -2.18. The standard InChI is InChI=1S/C11H13F4NO/c1-7(16-6-11(13,14)15)10-8(12)4-3-5-9(10)17-2/h3-5,7,16H,6H2,1-2H3. The summed E-state index contributed by atoms with van der Waals surface area (Å²) in [5.41, 5.74) is 0.0965. The fourth-order valence-corrected chi connectivity index (χ4v) is 1.49. The van der Waals surface area contributed by atoms with Crippen LogP contribution in [0.3, 0.4) is 0 Å². The summed E-state index contributed by atoms with van der Waals surface area (Å²) < 4.78 is 54.5. The molecule has 0 fully saturated rings. The number of halogens is 4. The van der Waals surface area contributed by atoms with Crippen LogP contribution in [-0.2, 0) is 0 Å². The Labute approximate surface area is 96.6 Å². The third kappa shape index (κ3) is 3.89. The first kappa shape index (κ1) is 13.8. The number of ether oxygens (including phenoxy) is 1. The molecule has 1 rings (SSSR count). The van der Waals surface area contributed by atoms with Gasteiger partial charge in [0.25, 0.3) is 0 Å². The van der Waals surface area contributed by atoms with Crippen molar-refractivity contribution in [2.24, 2.45) is 0 Å². The minimum atomic E-state index is -4.33. The van der Waals surface area contributed by atoms with Crippen molar-refractivity contribution in [3.8, 4) is 5.75 Å². The Morgan fingerprint density at radius 2 is 2.00 bits per heavy atom. The number of hydrogen-bond acceptors (Lipinski definition) is 2. The van der Waals surface area contributed by atoms with E-state index in [0.29, 0.717) is 0 Å². The molecule has 1 unspecified atom stereocenters. The van der Waals surface area contributed by atoms with Crippen molar-refractivity contribution in [1.82, 2.24) is 5.32 Å². The molecule has 0 radical (unpaired) electrons. The number of alkyl halides is 3. The van der Waals surface area contributed by atoms with Gasteiger partial charge in [0.1, 0.15) is 11.6 Å². The molecule has 0 amide bonds. The zero-order valence-corrected chi connectivity index (χ0v) is 9.44. The van der Waals surface area contributed by atoms with Gasteiger partial charge in [-0.05, 0) is 19.1 Å². The first-order valence-electron chi connectivity index (χ1n) is 4.97. The fourth-order valence-electron chi connectivity index (χ4n) is 1.49. The maximum Gasteiger partial charge on any atom is 0.401 e. The first-order chi connectivity index (χ1) is 7.85. The van der Waals surface area contributed by atoms with E-state index in [1.165, 1.54) is 32.2 Å². The predicted octanol–water partition coefficient (Wildman–Crippen LogP) is 3.05. The Kier molecular flexibility index (Phi) is 4.34. The van der Waals surface area contributed by atoms with Gasteiger partial charge in [-0.25, -0.2) is 4.39 Å². The van der Waals surface area contributed by atoms with Crippen LogP contribution in [0.4, 0.5) is 17.6 Å². The maximum atomic E-state index is 13.5. The van der Waals surface area contributed by atoms with Crippen LogP contribution in [0.1, 0.15) is 18.5 Å². The quantitative estimate of drug-likeness (QED) is 0.830. The van der Waals surface area contributed by atoms with Crippen LogP contribution >= 0.6 is 0 Å². The second-order valence-corrected chi connectivity index (χ2v) is 3.57. The predicted molar refractivity (Wildman–Crippen MR) is 55.4 cm³/mol. The van der Waals surface area contributed by atoms with Crippen LogP contribution in [0.5, 0.6) is 5.75 Å². The summed E-state index contributed by atoms with van der Waals surface area (Å²) in [6.45, 7) is 0.276. The molecule has 96 valence electrons. The van der Waals surface area contributed by atoms with E-state index in [1.807, 2.05) is 0 Å². The average Bonchev–Trinajstić information content (AvgIpc) is 2.24. The van der Waals surface area contributed by atoms with Gasteiger partial charge >= 0.3 is 6.18 Å². The lowest BCUT2D eigenvalue weighted by atomic mass is 10.1. The van der Waals surface area contributed by atoms with Crippen molar-refractivity contribution < 1.29 is 22.3 Å². The van der Waals surface area contributed by atoms with Crippen LogP contribution in [0.2, 0.25) is 0 Å². The normalized spacial score (nSPS) is 13.5. The molecule has 1 atom stereocenters. The minimum Gasteiger partial charge on any atom is -0.496 e. The summed E-state index contributed by atoms with van der Waals surface area (Å²) in [6, 6.07) is 3.34. The van der Waals surface area contributed by atoms with Gasteiger partial charge < -0.3 is 10.1 Å². The lowest BCUT2D eigenvalue weighted by Crippen LogP contribution is -2.31. The van der Waals surface area contributed by atoms with E-state index in [2.05, 4.69) is 5.32 Å². The van der Waals surface area contributed by atoms with Crippen LogP contribution in [-0.4, -0.2) is 19.8 Å². The number of hydrogen-bond donors (Lipinski definition) is 1. The topological polar surface area (TPSA) is 21.3 Å². The Morgan fingerprint density at radius 1 is 1.35 bits per heavy atom. The van der Waals surface area contributed by atoms with Crippen LogP contribution in [0, 0.1) is 5.82 Å². The molecule has 0 saturated heterocycles. The first-order valence-corrected chi connectivity index (χ1v) is 4.97. The van der Waals surface area contributed by atoms with E-state index in [1.54, 1.807) is 0 Å². The van der Waals surface area contributed by atoms with Gasteiger partial charge in [0, 0.05) is 11.6 Å². The molecular weight excluding hydrogens is 238 g/mol. The van der Waals surface area contributed by atoms with Gasteiger partial charge in [-0.15, -0.1) is 0 Å². The molecule has 0 saturated carbocycles. The summed E-state index contributed by atoms with van der Waals surface area (Å²) in [4.78, 5) is 0. The van der Waals surface area contributed by atoms with E-state index < -0.39 is 24.6 Å². The minimum absolute atomic E-state index is 0.0965. The van der Waals surface area contributed by atoms with Crippen molar-refractivity contribution in [1.29, 1.82) is 0 Å². The van der Waals surface area contributed by atoms with Crippen molar-refractivity contribution in [3.63, 3.8) is 0 Å². The fraction of sp³-hybridized carbons (Fsp3) is 0.455. The molecule has 0 bridgehead atoms. The highest BCUT2D eigenvalue weighted by molar-refractivity contribution is 5.36. The number of methoxy groups -OCH3 is 1. The Hall–Kier alpha value is -1.30. The second kappa shape index (κ2) is 5.35. The van der Waals surface area contributed by atoms with Crippen molar-refractivity contribution in [2.45, 2.75) is 19.1 Å². The van der Waals surface area contributed by atoms with Gasteiger partial charge in [0.15, 0.2) is 0 Å². The van der Waals surface area contributed by atoms with E-state index in [4.69, 9.17) is 4.74 Å². The van der Waals surface area contributed by atoms with Gasteiger partial charge in [-0.2, -0.15) is 13.2 Å². The Morgan fingerprint density at radius 3 is 2.53 bits per heavy atom. The number of rotatable bonds is 4. The van der Waals surface area contributed by atoms with Gasteiger partial charge in [-0.1, -0.05) is 6.07 Å². The molecule has 0 aromatic heterocycles. The van der Waals surface area contributed by atoms with Gasteiger partial charge in [0.05, 0.1) is 13.7 Å². The zero-order valence-electron chi connectivity index (χ0n) is 9.44. The summed E-state index contributed by atoms with van der Waals surface area (Å²) in [5.74, 6) is -0.362. The Balaban J connectivity index is 2.84. The summed E-state index contributed by atoms with van der Waals surface area (Å²) in [7, 11) is 1.34. The summed E-state index contributed by atoms with van der Waals surface area (Å²) in [5, 5.41) is 2.21. The molecule has 0 aliphatic rings. The van der Waals surface area contributed by atoms with E-state index in [0.717, 1.165) is 0 Å². The van der Waals surface area contributed by atoms with E-state index in [9.17, 15) is 17.6 Å². The monoisotopic (exact) mass is 251 g/mol. The molecule has 0 aliphatic carbocycles. The lowest BCUT2D eigenvalue weighted by molar-refractivity contribution is -0.126.